The van der Waals surface area contributed by atoms with Gasteiger partial charge in [-0.2, -0.15) is 0 Å². The monoisotopic (exact) mass is 244 g/mol. The topological polar surface area (TPSA) is 32.3 Å². The maximum absolute atomic E-state index is 12.4. The first-order valence-electron chi connectivity index (χ1n) is 6.94. The number of nitrogens with one attached hydrogen (secondary N) is 1. The van der Waals surface area contributed by atoms with Gasteiger partial charge in [0.1, 0.15) is 0 Å². The number of carbonyl (C=O) groups excluding carboxylic acids is 1. The summed E-state index contributed by atoms with van der Waals surface area (Å²) < 4.78 is 0. The van der Waals surface area contributed by atoms with E-state index in [-0.39, 0.29) is 5.91 Å². The summed E-state index contributed by atoms with van der Waals surface area (Å²) in [7, 11) is 0. The molecule has 18 heavy (non-hydrogen) atoms. The molecule has 0 bridgehead atoms. The van der Waals surface area contributed by atoms with Crippen molar-refractivity contribution >= 4 is 11.6 Å². The number of amides is 1. The molecule has 0 aliphatic carbocycles. The van der Waals surface area contributed by atoms with Crippen LogP contribution in [0.15, 0.2) is 18.2 Å². The molecule has 1 atom stereocenters. The SMILES string of the molecule is CCC1CCN(C(=O)c2ccc3c(c2)NCC3)C1. The lowest BCUT2D eigenvalue weighted by Gasteiger charge is -2.16. The lowest BCUT2D eigenvalue weighted by molar-refractivity contribution is 0.0787. The molecule has 0 spiro atoms. The standard InChI is InChI=1S/C15H20N2O/c1-2-11-6-8-17(10-11)15(18)13-4-3-12-5-7-16-14(12)9-13/h3-4,9,11,16H,2,5-8,10H2,1H3. The Morgan fingerprint density at radius 3 is 3.17 bits per heavy atom. The van der Waals surface area contributed by atoms with Crippen LogP contribution >= 0.6 is 0 Å². The Morgan fingerprint density at radius 2 is 2.39 bits per heavy atom. The number of hydrogen-bond donors (Lipinski definition) is 1. The lowest BCUT2D eigenvalue weighted by Crippen LogP contribution is -2.28. The Kier molecular flexibility index (Phi) is 2.98. The Morgan fingerprint density at radius 1 is 1.50 bits per heavy atom. The first-order chi connectivity index (χ1) is 8.78. The third-order valence-electron chi connectivity index (χ3n) is 4.22. The molecule has 1 unspecified atom stereocenters. The second-order valence-electron chi connectivity index (χ2n) is 5.36. The van der Waals surface area contributed by atoms with Crippen LogP contribution in [-0.2, 0) is 6.42 Å². The molecule has 1 N–H and O–H groups in total. The van der Waals surface area contributed by atoms with Gasteiger partial charge in [0.2, 0.25) is 0 Å². The Labute approximate surface area is 108 Å². The van der Waals surface area contributed by atoms with Crippen molar-refractivity contribution in [2.45, 2.75) is 26.2 Å². The fourth-order valence-electron chi connectivity index (χ4n) is 2.96. The minimum Gasteiger partial charge on any atom is -0.384 e. The summed E-state index contributed by atoms with van der Waals surface area (Å²) in [6.07, 6.45) is 3.41. The molecule has 1 aromatic rings. The zero-order chi connectivity index (χ0) is 12.5. The molecule has 2 aliphatic rings. The summed E-state index contributed by atoms with van der Waals surface area (Å²) in [6.45, 7) is 5.05. The average molecular weight is 244 g/mol. The molecule has 1 saturated heterocycles. The predicted molar refractivity (Wildman–Crippen MR) is 72.9 cm³/mol. The van der Waals surface area contributed by atoms with E-state index in [4.69, 9.17) is 0 Å². The van der Waals surface area contributed by atoms with Gasteiger partial charge in [-0.05, 0) is 36.5 Å². The fraction of sp³-hybridized carbons (Fsp3) is 0.533. The summed E-state index contributed by atoms with van der Waals surface area (Å²) in [4.78, 5) is 14.4. The molecule has 2 heterocycles. The van der Waals surface area contributed by atoms with E-state index in [0.29, 0.717) is 5.92 Å². The van der Waals surface area contributed by atoms with Gasteiger partial charge in [0.05, 0.1) is 0 Å². The van der Waals surface area contributed by atoms with E-state index < -0.39 is 0 Å². The van der Waals surface area contributed by atoms with Crippen LogP contribution in [0.25, 0.3) is 0 Å². The van der Waals surface area contributed by atoms with Gasteiger partial charge in [0.25, 0.3) is 5.91 Å². The van der Waals surface area contributed by atoms with Crippen molar-refractivity contribution < 1.29 is 4.79 Å². The van der Waals surface area contributed by atoms with Gasteiger partial charge in [-0.1, -0.05) is 19.4 Å². The molecule has 2 aliphatic heterocycles. The van der Waals surface area contributed by atoms with Crippen molar-refractivity contribution in [1.29, 1.82) is 0 Å². The largest absolute Gasteiger partial charge is 0.384 e. The molecule has 3 nitrogen and oxygen atoms in total. The van der Waals surface area contributed by atoms with Crippen LogP contribution < -0.4 is 5.32 Å². The molecular weight excluding hydrogens is 224 g/mol. The van der Waals surface area contributed by atoms with Crippen molar-refractivity contribution in [2.75, 3.05) is 25.0 Å². The number of fused-ring (bicyclic) bond motifs is 1. The number of rotatable bonds is 2. The molecule has 0 radical (unpaired) electrons. The number of anilines is 1. The van der Waals surface area contributed by atoms with Gasteiger partial charge in [-0.3, -0.25) is 4.79 Å². The second-order valence-corrected chi connectivity index (χ2v) is 5.36. The van der Waals surface area contributed by atoms with Gasteiger partial charge in [0.15, 0.2) is 0 Å². The first-order valence-corrected chi connectivity index (χ1v) is 6.94. The quantitative estimate of drug-likeness (QED) is 0.867. The number of nitrogens with zero attached hydrogens (tertiary/aromatic N) is 1. The molecule has 3 heteroatoms. The smallest absolute Gasteiger partial charge is 0.253 e. The van der Waals surface area contributed by atoms with Gasteiger partial charge in [-0.25, -0.2) is 0 Å². The van der Waals surface area contributed by atoms with E-state index >= 15 is 0 Å². The molecule has 0 saturated carbocycles. The van der Waals surface area contributed by atoms with Crippen LogP contribution in [0, 0.1) is 5.92 Å². The van der Waals surface area contributed by atoms with E-state index in [1.54, 1.807) is 0 Å². The van der Waals surface area contributed by atoms with Crippen molar-refractivity contribution in [3.05, 3.63) is 29.3 Å². The van der Waals surface area contributed by atoms with Crippen molar-refractivity contribution in [1.82, 2.24) is 4.90 Å². The van der Waals surface area contributed by atoms with Crippen LogP contribution in [0.4, 0.5) is 5.69 Å². The summed E-state index contributed by atoms with van der Waals surface area (Å²) in [5, 5.41) is 3.34. The van der Waals surface area contributed by atoms with Gasteiger partial charge >= 0.3 is 0 Å². The third kappa shape index (κ3) is 1.98. The fourth-order valence-corrected chi connectivity index (χ4v) is 2.96. The highest BCUT2D eigenvalue weighted by Crippen LogP contribution is 2.26. The highest BCUT2D eigenvalue weighted by molar-refractivity contribution is 5.95. The summed E-state index contributed by atoms with van der Waals surface area (Å²) in [6, 6.07) is 6.09. The summed E-state index contributed by atoms with van der Waals surface area (Å²) in [5.41, 5.74) is 3.31. The minimum absolute atomic E-state index is 0.197. The third-order valence-corrected chi connectivity index (χ3v) is 4.22. The maximum Gasteiger partial charge on any atom is 0.253 e. The number of hydrogen-bond acceptors (Lipinski definition) is 2. The highest BCUT2D eigenvalue weighted by Gasteiger charge is 2.26. The Hall–Kier alpha value is -1.51. The van der Waals surface area contributed by atoms with E-state index in [9.17, 15) is 4.79 Å². The molecular formula is C15H20N2O. The zero-order valence-corrected chi connectivity index (χ0v) is 10.9. The Bertz CT molecular complexity index is 470. The molecule has 0 aromatic heterocycles. The van der Waals surface area contributed by atoms with Crippen LogP contribution in [0.5, 0.6) is 0 Å². The number of carbonyl (C=O) groups is 1. The maximum atomic E-state index is 12.4. The number of benzene rings is 1. The number of likely N-dealkylation sites (tertiary alicyclic amines) is 1. The first kappa shape index (κ1) is 11.6. The highest BCUT2D eigenvalue weighted by atomic mass is 16.2. The van der Waals surface area contributed by atoms with Gasteiger partial charge < -0.3 is 10.2 Å². The van der Waals surface area contributed by atoms with Crippen LogP contribution in [-0.4, -0.2) is 30.4 Å². The summed E-state index contributed by atoms with van der Waals surface area (Å²) in [5.74, 6) is 0.893. The van der Waals surface area contributed by atoms with Crippen LogP contribution in [0.2, 0.25) is 0 Å². The molecule has 96 valence electrons. The van der Waals surface area contributed by atoms with Crippen molar-refractivity contribution in [3.8, 4) is 0 Å². The molecule has 1 fully saturated rings. The minimum atomic E-state index is 0.197. The van der Waals surface area contributed by atoms with E-state index in [1.807, 2.05) is 17.0 Å². The predicted octanol–water partition coefficient (Wildman–Crippen LogP) is 2.53. The van der Waals surface area contributed by atoms with Gasteiger partial charge in [-0.15, -0.1) is 0 Å². The molecule has 3 rings (SSSR count). The Balaban J connectivity index is 1.77. The van der Waals surface area contributed by atoms with E-state index in [2.05, 4.69) is 18.3 Å². The normalized spacial score (nSPS) is 21.8. The van der Waals surface area contributed by atoms with E-state index in [1.165, 1.54) is 12.0 Å². The second kappa shape index (κ2) is 4.63. The zero-order valence-electron chi connectivity index (χ0n) is 10.9. The van der Waals surface area contributed by atoms with Crippen LogP contribution in [0.3, 0.4) is 0 Å². The van der Waals surface area contributed by atoms with Crippen molar-refractivity contribution in [3.63, 3.8) is 0 Å². The molecule has 1 amide bonds. The van der Waals surface area contributed by atoms with E-state index in [0.717, 1.165) is 43.7 Å². The van der Waals surface area contributed by atoms with Crippen molar-refractivity contribution in [2.24, 2.45) is 5.92 Å². The summed E-state index contributed by atoms with van der Waals surface area (Å²) >= 11 is 0. The van der Waals surface area contributed by atoms with Crippen LogP contribution in [0.1, 0.15) is 35.7 Å². The lowest BCUT2D eigenvalue weighted by atomic mass is 10.1. The molecule has 1 aromatic carbocycles. The average Bonchev–Trinajstić information content (AvgIpc) is 3.05. The van der Waals surface area contributed by atoms with Gasteiger partial charge in [0, 0.05) is 30.9 Å².